The van der Waals surface area contributed by atoms with Gasteiger partial charge in [0.1, 0.15) is 0 Å². The first kappa shape index (κ1) is 20.5. The highest BCUT2D eigenvalue weighted by atomic mass is 35.5. The van der Waals surface area contributed by atoms with Gasteiger partial charge in [0.05, 0.1) is 12.5 Å². The van der Waals surface area contributed by atoms with Gasteiger partial charge in [-0.25, -0.2) is 0 Å². The quantitative estimate of drug-likeness (QED) is 0.798. The average Bonchev–Trinajstić information content (AvgIpc) is 2.53. The van der Waals surface area contributed by atoms with E-state index in [1.807, 2.05) is 38.1 Å². The Kier molecular flexibility index (Phi) is 8.79. The van der Waals surface area contributed by atoms with Crippen LogP contribution in [0, 0.1) is 12.8 Å². The lowest BCUT2D eigenvalue weighted by Crippen LogP contribution is -2.40. The highest BCUT2D eigenvalue weighted by Crippen LogP contribution is 2.18. The summed E-state index contributed by atoms with van der Waals surface area (Å²) in [6.45, 7) is 6.55. The minimum atomic E-state index is -0.110. The van der Waals surface area contributed by atoms with Gasteiger partial charge in [0.25, 0.3) is 0 Å². The summed E-state index contributed by atoms with van der Waals surface area (Å²) >= 11 is 0. The van der Waals surface area contributed by atoms with Crippen LogP contribution >= 0.6 is 12.4 Å². The summed E-state index contributed by atoms with van der Waals surface area (Å²) in [5, 5.41) is 2.92. The van der Waals surface area contributed by atoms with Crippen molar-refractivity contribution in [3.63, 3.8) is 0 Å². The van der Waals surface area contributed by atoms with Crippen LogP contribution < -0.4 is 5.32 Å². The summed E-state index contributed by atoms with van der Waals surface area (Å²) in [5.41, 5.74) is 1.95. The van der Waals surface area contributed by atoms with E-state index in [0.717, 1.165) is 30.6 Å². The van der Waals surface area contributed by atoms with Gasteiger partial charge in [-0.3, -0.25) is 9.59 Å². The zero-order chi connectivity index (χ0) is 16.7. The topological polar surface area (TPSA) is 58.6 Å². The number of anilines is 1. The molecule has 1 unspecified atom stereocenters. The molecule has 0 aromatic heterocycles. The zero-order valence-corrected chi connectivity index (χ0v) is 15.2. The molecule has 1 atom stereocenters. The Morgan fingerprint density at radius 3 is 2.88 bits per heavy atom. The van der Waals surface area contributed by atoms with Crippen molar-refractivity contribution >= 4 is 30.0 Å². The molecular weight excluding hydrogens is 328 g/mol. The van der Waals surface area contributed by atoms with Gasteiger partial charge < -0.3 is 15.0 Å². The molecular formula is C18H27ClN2O3. The second kappa shape index (κ2) is 10.3. The van der Waals surface area contributed by atoms with Crippen molar-refractivity contribution in [2.24, 2.45) is 5.92 Å². The third kappa shape index (κ3) is 6.49. The van der Waals surface area contributed by atoms with E-state index in [1.54, 1.807) is 0 Å². The van der Waals surface area contributed by atoms with Crippen molar-refractivity contribution in [1.82, 2.24) is 4.90 Å². The van der Waals surface area contributed by atoms with Gasteiger partial charge >= 0.3 is 5.97 Å². The van der Waals surface area contributed by atoms with Crippen LogP contribution in [0.3, 0.4) is 0 Å². The largest absolute Gasteiger partial charge is 0.466 e. The maximum atomic E-state index is 12.1. The molecule has 1 heterocycles. The van der Waals surface area contributed by atoms with Crippen molar-refractivity contribution in [3.05, 3.63) is 29.8 Å². The molecule has 0 aliphatic carbocycles. The minimum absolute atomic E-state index is 0. The predicted molar refractivity (Wildman–Crippen MR) is 97.5 cm³/mol. The number of likely N-dealkylation sites (tertiary alicyclic amines) is 1. The summed E-state index contributed by atoms with van der Waals surface area (Å²) in [7, 11) is 0. The SMILES string of the molecule is CCOC(=O)C1CCCN(CCC(=O)Nc2cccc(C)c2)C1.Cl. The van der Waals surface area contributed by atoms with Crippen LogP contribution in [0.15, 0.2) is 24.3 Å². The van der Waals surface area contributed by atoms with Gasteiger partial charge in [0, 0.05) is 25.2 Å². The predicted octanol–water partition coefficient (Wildman–Crippen LogP) is 3.02. The zero-order valence-electron chi connectivity index (χ0n) is 14.4. The number of nitrogens with zero attached hydrogens (tertiary/aromatic N) is 1. The molecule has 1 saturated heterocycles. The van der Waals surface area contributed by atoms with Crippen LogP contribution in [0.1, 0.15) is 31.7 Å². The third-order valence-corrected chi connectivity index (χ3v) is 4.08. The molecule has 134 valence electrons. The molecule has 1 aromatic carbocycles. The smallest absolute Gasteiger partial charge is 0.310 e. The van der Waals surface area contributed by atoms with Gasteiger partial charge in [-0.1, -0.05) is 12.1 Å². The lowest BCUT2D eigenvalue weighted by Gasteiger charge is -2.31. The number of ether oxygens (including phenoxy) is 1. The summed E-state index contributed by atoms with van der Waals surface area (Å²) in [5.74, 6) is -0.154. The number of amides is 1. The first-order chi connectivity index (χ1) is 11.1. The molecule has 24 heavy (non-hydrogen) atoms. The van der Waals surface area contributed by atoms with Crippen LogP contribution in [0.5, 0.6) is 0 Å². The standard InChI is InChI=1S/C18H26N2O3.ClH/c1-3-23-18(22)15-7-5-10-20(13-15)11-9-17(21)19-16-8-4-6-14(2)12-16;/h4,6,8,12,15H,3,5,7,9-11,13H2,1-2H3,(H,19,21);1H. The fourth-order valence-corrected chi connectivity index (χ4v) is 2.92. The average molecular weight is 355 g/mol. The van der Waals surface area contributed by atoms with E-state index in [1.165, 1.54) is 0 Å². The van der Waals surface area contributed by atoms with Crippen LogP contribution in [-0.2, 0) is 14.3 Å². The molecule has 1 aromatic rings. The number of carbonyl (C=O) groups is 2. The third-order valence-electron chi connectivity index (χ3n) is 4.08. The summed E-state index contributed by atoms with van der Waals surface area (Å²) in [4.78, 5) is 26.1. The second-order valence-corrected chi connectivity index (χ2v) is 6.06. The van der Waals surface area contributed by atoms with Gasteiger partial charge in [-0.05, 0) is 50.9 Å². The molecule has 1 aliphatic rings. The number of piperidine rings is 1. The first-order valence-electron chi connectivity index (χ1n) is 8.34. The van der Waals surface area contributed by atoms with E-state index < -0.39 is 0 Å². The highest BCUT2D eigenvalue weighted by Gasteiger charge is 2.26. The van der Waals surface area contributed by atoms with Crippen LogP contribution in [0.25, 0.3) is 0 Å². The first-order valence-corrected chi connectivity index (χ1v) is 8.34. The molecule has 0 radical (unpaired) electrons. The van der Waals surface area contributed by atoms with Crippen molar-refractivity contribution in [2.45, 2.75) is 33.1 Å². The highest BCUT2D eigenvalue weighted by molar-refractivity contribution is 5.90. The van der Waals surface area contributed by atoms with Crippen LogP contribution in [0.4, 0.5) is 5.69 Å². The van der Waals surface area contributed by atoms with Gasteiger partial charge in [-0.15, -0.1) is 12.4 Å². The van der Waals surface area contributed by atoms with Gasteiger partial charge in [0.2, 0.25) is 5.91 Å². The Labute approximate surface area is 150 Å². The Morgan fingerprint density at radius 2 is 2.17 bits per heavy atom. The number of aryl methyl sites for hydroxylation is 1. The molecule has 0 bridgehead atoms. The Hall–Kier alpha value is -1.59. The molecule has 1 amide bonds. The lowest BCUT2D eigenvalue weighted by atomic mass is 9.98. The van der Waals surface area contributed by atoms with Crippen molar-refractivity contribution in [3.8, 4) is 0 Å². The van der Waals surface area contributed by atoms with E-state index in [9.17, 15) is 9.59 Å². The van der Waals surface area contributed by atoms with E-state index in [2.05, 4.69) is 10.2 Å². The molecule has 1 N–H and O–H groups in total. The molecule has 2 rings (SSSR count). The fraction of sp³-hybridized carbons (Fsp3) is 0.556. The number of benzene rings is 1. The molecule has 1 aliphatic heterocycles. The number of halogens is 1. The van der Waals surface area contributed by atoms with E-state index in [-0.39, 0.29) is 30.2 Å². The second-order valence-electron chi connectivity index (χ2n) is 6.06. The Morgan fingerprint density at radius 1 is 1.38 bits per heavy atom. The van der Waals surface area contributed by atoms with Gasteiger partial charge in [0.15, 0.2) is 0 Å². The summed E-state index contributed by atoms with van der Waals surface area (Å²) in [6, 6.07) is 7.77. The summed E-state index contributed by atoms with van der Waals surface area (Å²) in [6.07, 6.45) is 2.29. The molecule has 6 heteroatoms. The minimum Gasteiger partial charge on any atom is -0.466 e. The lowest BCUT2D eigenvalue weighted by molar-refractivity contribution is -0.149. The van der Waals surface area contributed by atoms with E-state index >= 15 is 0 Å². The normalized spacial score (nSPS) is 17.7. The summed E-state index contributed by atoms with van der Waals surface area (Å²) < 4.78 is 5.10. The Balaban J connectivity index is 0.00000288. The number of rotatable bonds is 6. The maximum Gasteiger partial charge on any atom is 0.310 e. The van der Waals surface area contributed by atoms with Crippen molar-refractivity contribution in [2.75, 3.05) is 31.6 Å². The Bertz CT molecular complexity index is 551. The fourth-order valence-electron chi connectivity index (χ4n) is 2.92. The number of hydrogen-bond acceptors (Lipinski definition) is 4. The van der Waals surface area contributed by atoms with E-state index in [0.29, 0.717) is 26.1 Å². The monoisotopic (exact) mass is 354 g/mol. The van der Waals surface area contributed by atoms with E-state index in [4.69, 9.17) is 4.74 Å². The van der Waals surface area contributed by atoms with Crippen LogP contribution in [-0.4, -0.2) is 43.0 Å². The molecule has 0 spiro atoms. The maximum absolute atomic E-state index is 12.1. The molecule has 1 fully saturated rings. The van der Waals surface area contributed by atoms with Crippen LogP contribution in [0.2, 0.25) is 0 Å². The van der Waals surface area contributed by atoms with Gasteiger partial charge in [-0.2, -0.15) is 0 Å². The van der Waals surface area contributed by atoms with Crippen molar-refractivity contribution in [1.29, 1.82) is 0 Å². The number of carbonyl (C=O) groups excluding carboxylic acids is 2. The van der Waals surface area contributed by atoms with Crippen molar-refractivity contribution < 1.29 is 14.3 Å². The molecule has 5 nitrogen and oxygen atoms in total. The molecule has 0 saturated carbocycles. The number of nitrogens with one attached hydrogen (secondary N) is 1. The number of hydrogen-bond donors (Lipinski definition) is 1. The number of esters is 1.